The van der Waals surface area contributed by atoms with Crippen molar-refractivity contribution in [2.24, 2.45) is 0 Å². The molecule has 11 heteroatoms. The van der Waals surface area contributed by atoms with Gasteiger partial charge in [-0.05, 0) is 70.1 Å². The zero-order valence-corrected chi connectivity index (χ0v) is 18.4. The van der Waals surface area contributed by atoms with Gasteiger partial charge in [-0.2, -0.15) is 5.01 Å². The van der Waals surface area contributed by atoms with Crippen LogP contribution in [0.5, 0.6) is 0 Å². The predicted octanol–water partition coefficient (Wildman–Crippen LogP) is 5.83. The van der Waals surface area contributed by atoms with Gasteiger partial charge in [-0.1, -0.05) is 41.0 Å². The van der Waals surface area contributed by atoms with Gasteiger partial charge in [0.1, 0.15) is 5.82 Å². The zero-order chi connectivity index (χ0) is 20.4. The average molecular weight is 521 g/mol. The largest absolute Gasteiger partial charge is 0.338 e. The van der Waals surface area contributed by atoms with Crippen LogP contribution in [0, 0.1) is 5.82 Å². The SMILES string of the molecule is O=C(Nc1ccc(Cl)c(Cl)c1)NN1C(=O)/C(=C\c2ccc(F)c(Br)c2)SC1=S. The summed E-state index contributed by atoms with van der Waals surface area (Å²) in [4.78, 5) is 25.0. The number of halogens is 4. The molecule has 0 aliphatic carbocycles. The summed E-state index contributed by atoms with van der Waals surface area (Å²) in [5, 5.41) is 4.11. The molecule has 0 atom stereocenters. The number of hydrazine groups is 1. The number of thioether (sulfide) groups is 1. The van der Waals surface area contributed by atoms with Crippen molar-refractivity contribution in [3.63, 3.8) is 0 Å². The van der Waals surface area contributed by atoms with Gasteiger partial charge in [0.2, 0.25) is 0 Å². The highest BCUT2D eigenvalue weighted by molar-refractivity contribution is 9.10. The van der Waals surface area contributed by atoms with Crippen LogP contribution < -0.4 is 10.7 Å². The normalized spacial score (nSPS) is 15.3. The van der Waals surface area contributed by atoms with Gasteiger partial charge in [-0.25, -0.2) is 14.6 Å². The van der Waals surface area contributed by atoms with E-state index in [4.69, 9.17) is 35.4 Å². The van der Waals surface area contributed by atoms with Crippen molar-refractivity contribution in [1.29, 1.82) is 0 Å². The van der Waals surface area contributed by atoms with Crippen molar-refractivity contribution in [1.82, 2.24) is 10.4 Å². The quantitative estimate of drug-likeness (QED) is 0.394. The Bertz CT molecular complexity index is 1040. The van der Waals surface area contributed by atoms with Crippen LogP contribution in [0.25, 0.3) is 6.08 Å². The summed E-state index contributed by atoms with van der Waals surface area (Å²) in [6.07, 6.45) is 1.56. The molecule has 144 valence electrons. The predicted molar refractivity (Wildman–Crippen MR) is 118 cm³/mol. The lowest BCUT2D eigenvalue weighted by atomic mass is 10.2. The third-order valence-corrected chi connectivity index (χ3v) is 6.07. The minimum absolute atomic E-state index is 0.154. The number of carbonyl (C=O) groups is 2. The van der Waals surface area contributed by atoms with Crippen LogP contribution in [0.3, 0.4) is 0 Å². The summed E-state index contributed by atoms with van der Waals surface area (Å²) in [5.74, 6) is -0.912. The molecule has 5 nitrogen and oxygen atoms in total. The number of nitrogens with zero attached hydrogens (tertiary/aromatic N) is 1. The number of rotatable bonds is 3. The molecule has 3 amide bonds. The third-order valence-electron chi connectivity index (χ3n) is 3.43. The van der Waals surface area contributed by atoms with E-state index in [-0.39, 0.29) is 13.8 Å². The fraction of sp³-hybridized carbons (Fsp3) is 0. The van der Waals surface area contributed by atoms with Crippen LogP contribution in [0.1, 0.15) is 5.56 Å². The number of thiocarbonyl (C=S) groups is 1. The number of benzene rings is 2. The van der Waals surface area contributed by atoms with Crippen LogP contribution >= 0.6 is 63.1 Å². The molecule has 1 aliphatic rings. The van der Waals surface area contributed by atoms with Crippen molar-refractivity contribution < 1.29 is 14.0 Å². The van der Waals surface area contributed by atoms with E-state index in [0.29, 0.717) is 21.2 Å². The molecule has 1 saturated heterocycles. The lowest BCUT2D eigenvalue weighted by Crippen LogP contribution is -2.46. The molecule has 1 fully saturated rings. The summed E-state index contributed by atoms with van der Waals surface area (Å²) in [7, 11) is 0. The van der Waals surface area contributed by atoms with E-state index < -0.39 is 17.8 Å². The summed E-state index contributed by atoms with van der Waals surface area (Å²) in [6, 6.07) is 8.22. The Balaban J connectivity index is 1.70. The van der Waals surface area contributed by atoms with Crippen molar-refractivity contribution in [2.75, 3.05) is 5.32 Å². The van der Waals surface area contributed by atoms with Crippen LogP contribution in [0.15, 0.2) is 45.8 Å². The van der Waals surface area contributed by atoms with E-state index in [9.17, 15) is 14.0 Å². The molecule has 2 aromatic carbocycles. The maximum absolute atomic E-state index is 13.3. The zero-order valence-electron chi connectivity index (χ0n) is 13.6. The number of hydrogen-bond acceptors (Lipinski definition) is 4. The molecule has 0 bridgehead atoms. The molecule has 0 radical (unpaired) electrons. The van der Waals surface area contributed by atoms with E-state index in [1.807, 2.05) is 0 Å². The Morgan fingerprint density at radius 1 is 1.21 bits per heavy atom. The molecule has 0 aromatic heterocycles. The Kier molecular flexibility index (Phi) is 6.61. The van der Waals surface area contributed by atoms with Crippen LogP contribution in [-0.4, -0.2) is 21.3 Å². The molecule has 28 heavy (non-hydrogen) atoms. The number of carbonyl (C=O) groups excluding carboxylic acids is 2. The molecular formula is C17H9BrCl2FN3O2S2. The minimum atomic E-state index is -0.680. The van der Waals surface area contributed by atoms with Gasteiger partial charge in [0.15, 0.2) is 4.32 Å². The van der Waals surface area contributed by atoms with Crippen LogP contribution in [0.2, 0.25) is 10.0 Å². The van der Waals surface area contributed by atoms with Gasteiger partial charge in [0, 0.05) is 5.69 Å². The molecule has 2 N–H and O–H groups in total. The van der Waals surface area contributed by atoms with Crippen molar-refractivity contribution >= 4 is 91.1 Å². The number of hydrogen-bond donors (Lipinski definition) is 2. The van der Waals surface area contributed by atoms with E-state index in [1.165, 1.54) is 30.3 Å². The monoisotopic (exact) mass is 519 g/mol. The first-order valence-corrected chi connectivity index (χ1v) is 10.3. The number of nitrogens with one attached hydrogen (secondary N) is 2. The molecule has 1 heterocycles. The Labute approximate surface area is 187 Å². The summed E-state index contributed by atoms with van der Waals surface area (Å²) >= 11 is 21.0. The minimum Gasteiger partial charge on any atom is -0.307 e. The van der Waals surface area contributed by atoms with E-state index >= 15 is 0 Å². The van der Waals surface area contributed by atoms with Gasteiger partial charge in [0.05, 0.1) is 19.4 Å². The highest BCUT2D eigenvalue weighted by atomic mass is 79.9. The second kappa shape index (κ2) is 8.79. The molecule has 2 aromatic rings. The number of amides is 3. The van der Waals surface area contributed by atoms with Gasteiger partial charge in [0.25, 0.3) is 5.91 Å². The second-order valence-electron chi connectivity index (χ2n) is 5.39. The van der Waals surface area contributed by atoms with E-state index in [0.717, 1.165) is 16.8 Å². The molecule has 1 aliphatic heterocycles. The number of anilines is 1. The molecule has 0 spiro atoms. The summed E-state index contributed by atoms with van der Waals surface area (Å²) in [6.45, 7) is 0. The maximum Gasteiger partial charge on any atom is 0.338 e. The maximum atomic E-state index is 13.3. The van der Waals surface area contributed by atoms with Crippen LogP contribution in [-0.2, 0) is 4.79 Å². The van der Waals surface area contributed by atoms with Crippen molar-refractivity contribution in [2.45, 2.75) is 0 Å². The van der Waals surface area contributed by atoms with Crippen molar-refractivity contribution in [3.8, 4) is 0 Å². The van der Waals surface area contributed by atoms with Gasteiger partial charge < -0.3 is 5.32 Å². The molecule has 0 unspecified atom stereocenters. The van der Waals surface area contributed by atoms with E-state index in [1.54, 1.807) is 12.1 Å². The van der Waals surface area contributed by atoms with Gasteiger partial charge in [-0.15, -0.1) is 0 Å². The van der Waals surface area contributed by atoms with Crippen molar-refractivity contribution in [3.05, 3.63) is 67.2 Å². The fourth-order valence-corrected chi connectivity index (χ4v) is 4.03. The Morgan fingerprint density at radius 2 is 1.96 bits per heavy atom. The Morgan fingerprint density at radius 3 is 2.64 bits per heavy atom. The summed E-state index contributed by atoms with van der Waals surface area (Å²) < 4.78 is 13.8. The first kappa shape index (κ1) is 21.1. The molecule has 3 rings (SSSR count). The number of urea groups is 1. The standard InChI is InChI=1S/C17H9BrCl2FN3O2S2/c18-10-5-8(1-4-13(10)21)6-14-15(25)24(17(27)28-14)23-16(26)22-9-2-3-11(19)12(20)7-9/h1-7H,(H2,22,23,26)/b14-6+. The lowest BCUT2D eigenvalue weighted by molar-refractivity contribution is -0.123. The van der Waals surface area contributed by atoms with Crippen LogP contribution in [0.4, 0.5) is 14.9 Å². The summed E-state index contributed by atoms with van der Waals surface area (Å²) in [5.41, 5.74) is 3.38. The average Bonchev–Trinajstić information content (AvgIpc) is 2.89. The van der Waals surface area contributed by atoms with E-state index in [2.05, 4.69) is 26.7 Å². The van der Waals surface area contributed by atoms with Gasteiger partial charge in [-0.3, -0.25) is 4.79 Å². The first-order chi connectivity index (χ1) is 13.2. The fourth-order valence-electron chi connectivity index (χ4n) is 2.15. The topological polar surface area (TPSA) is 61.4 Å². The Hall–Kier alpha value is -1.65. The molecule has 0 saturated carbocycles. The first-order valence-electron chi connectivity index (χ1n) is 7.50. The lowest BCUT2D eigenvalue weighted by Gasteiger charge is -2.16. The highest BCUT2D eigenvalue weighted by Gasteiger charge is 2.33. The second-order valence-corrected chi connectivity index (χ2v) is 8.73. The molecular weight excluding hydrogens is 512 g/mol. The highest BCUT2D eigenvalue weighted by Crippen LogP contribution is 2.32. The van der Waals surface area contributed by atoms with Gasteiger partial charge >= 0.3 is 6.03 Å². The third kappa shape index (κ3) is 4.84. The smallest absolute Gasteiger partial charge is 0.307 e.